The van der Waals surface area contributed by atoms with Gasteiger partial charge in [-0.2, -0.15) is 0 Å². The Morgan fingerprint density at radius 1 is 1.19 bits per heavy atom. The van der Waals surface area contributed by atoms with Crippen LogP contribution in [0, 0.1) is 11.8 Å². The van der Waals surface area contributed by atoms with Gasteiger partial charge in [0.15, 0.2) is 0 Å². The van der Waals surface area contributed by atoms with Crippen molar-refractivity contribution < 1.29 is 19.5 Å². The van der Waals surface area contributed by atoms with E-state index in [0.717, 1.165) is 25.7 Å². The summed E-state index contributed by atoms with van der Waals surface area (Å²) < 4.78 is 0. The van der Waals surface area contributed by atoms with Gasteiger partial charge in [0.2, 0.25) is 5.91 Å². The summed E-state index contributed by atoms with van der Waals surface area (Å²) in [6.07, 6.45) is 4.54. The van der Waals surface area contributed by atoms with E-state index in [-0.39, 0.29) is 25.0 Å². The molecule has 1 atom stereocenters. The van der Waals surface area contributed by atoms with E-state index in [1.54, 1.807) is 4.90 Å². The van der Waals surface area contributed by atoms with Crippen molar-refractivity contribution in [2.75, 3.05) is 26.2 Å². The average molecular weight is 295 g/mol. The number of piperazine rings is 1. The minimum atomic E-state index is -1.07. The van der Waals surface area contributed by atoms with Crippen LogP contribution in [-0.4, -0.2) is 65.0 Å². The first-order chi connectivity index (χ1) is 10.0. The van der Waals surface area contributed by atoms with Crippen LogP contribution in [0.15, 0.2) is 0 Å². The maximum atomic E-state index is 12.7. The molecular weight excluding hydrogens is 274 g/mol. The lowest BCUT2D eigenvalue weighted by molar-refractivity contribution is -0.144. The third kappa shape index (κ3) is 3.46. The van der Waals surface area contributed by atoms with Gasteiger partial charge >= 0.3 is 12.0 Å². The van der Waals surface area contributed by atoms with Crippen molar-refractivity contribution in [2.45, 2.75) is 31.7 Å². The molecule has 116 valence electrons. The Bertz CT molecular complexity index is 445. The van der Waals surface area contributed by atoms with Crippen molar-refractivity contribution in [1.82, 2.24) is 15.1 Å². The maximum absolute atomic E-state index is 12.7. The number of aliphatic carboxylic acids is 1. The van der Waals surface area contributed by atoms with Crippen LogP contribution < -0.4 is 5.32 Å². The number of amides is 3. The minimum absolute atomic E-state index is 0.0133. The van der Waals surface area contributed by atoms with Crippen molar-refractivity contribution in [3.63, 3.8) is 0 Å². The van der Waals surface area contributed by atoms with Crippen LogP contribution in [0.1, 0.15) is 25.7 Å². The van der Waals surface area contributed by atoms with Gasteiger partial charge in [0.05, 0.1) is 0 Å². The largest absolute Gasteiger partial charge is 0.480 e. The van der Waals surface area contributed by atoms with Gasteiger partial charge in [-0.1, -0.05) is 0 Å². The molecule has 1 aliphatic heterocycles. The van der Waals surface area contributed by atoms with Gasteiger partial charge in [-0.25, -0.2) is 9.59 Å². The van der Waals surface area contributed by atoms with E-state index >= 15 is 0 Å². The van der Waals surface area contributed by atoms with Crippen molar-refractivity contribution in [3.05, 3.63) is 0 Å². The summed E-state index contributed by atoms with van der Waals surface area (Å²) >= 11 is 0. The van der Waals surface area contributed by atoms with Crippen molar-refractivity contribution in [2.24, 2.45) is 11.8 Å². The molecule has 3 rings (SSSR count). The maximum Gasteiger partial charge on any atom is 0.328 e. The van der Waals surface area contributed by atoms with Crippen molar-refractivity contribution in [1.29, 1.82) is 0 Å². The molecule has 3 aliphatic rings. The van der Waals surface area contributed by atoms with Gasteiger partial charge in [0.1, 0.15) is 12.6 Å². The lowest BCUT2D eigenvalue weighted by atomic mass is 10.2. The molecule has 21 heavy (non-hydrogen) atoms. The van der Waals surface area contributed by atoms with Crippen LogP contribution in [0.25, 0.3) is 0 Å². The standard InChI is InChI=1S/C14H21N3O4/c18-12-8-17(11(5-15-12)13(19)20)14(21)16(6-9-1-2-9)7-10-3-4-10/h9-11H,1-8H2,(H,15,18)(H,19,20). The van der Waals surface area contributed by atoms with Gasteiger partial charge in [0, 0.05) is 19.6 Å². The fraction of sp³-hybridized carbons (Fsp3) is 0.786. The summed E-state index contributed by atoms with van der Waals surface area (Å²) in [5.41, 5.74) is 0. The number of rotatable bonds is 5. The number of hydrogen-bond acceptors (Lipinski definition) is 3. The first kappa shape index (κ1) is 14.2. The highest BCUT2D eigenvalue weighted by Crippen LogP contribution is 2.34. The number of nitrogens with zero attached hydrogens (tertiary/aromatic N) is 2. The van der Waals surface area contributed by atoms with E-state index in [9.17, 15) is 19.5 Å². The molecule has 1 saturated heterocycles. The van der Waals surface area contributed by atoms with Gasteiger partial charge in [-0.3, -0.25) is 9.69 Å². The summed E-state index contributed by atoms with van der Waals surface area (Å²) in [6.45, 7) is 1.21. The highest BCUT2D eigenvalue weighted by Gasteiger charge is 2.40. The van der Waals surface area contributed by atoms with Gasteiger partial charge in [-0.15, -0.1) is 0 Å². The second-order valence-corrected chi connectivity index (χ2v) is 6.36. The number of carboxylic acids is 1. The number of carboxylic acid groups (broad SMARTS) is 1. The first-order valence-electron chi connectivity index (χ1n) is 7.59. The molecule has 3 amide bonds. The molecular formula is C14H21N3O4. The summed E-state index contributed by atoms with van der Waals surface area (Å²) in [5, 5.41) is 11.8. The van der Waals surface area contributed by atoms with E-state index in [1.165, 1.54) is 4.90 Å². The molecule has 2 N–H and O–H groups in total. The molecule has 2 aliphatic carbocycles. The van der Waals surface area contributed by atoms with E-state index in [1.807, 2.05) is 0 Å². The summed E-state index contributed by atoms with van der Waals surface area (Å²) in [5.74, 6) is -0.260. The monoisotopic (exact) mass is 295 g/mol. The van der Waals surface area contributed by atoms with Gasteiger partial charge in [0.25, 0.3) is 0 Å². The van der Waals surface area contributed by atoms with Crippen LogP contribution in [0.3, 0.4) is 0 Å². The van der Waals surface area contributed by atoms with Crippen LogP contribution in [0.5, 0.6) is 0 Å². The smallest absolute Gasteiger partial charge is 0.328 e. The molecule has 0 aromatic rings. The van der Waals surface area contributed by atoms with E-state index < -0.39 is 12.0 Å². The SMILES string of the molecule is O=C1CN(C(=O)N(CC2CC2)CC2CC2)C(C(=O)O)CN1. The lowest BCUT2D eigenvalue weighted by Crippen LogP contribution is -2.62. The third-order valence-electron chi connectivity index (χ3n) is 4.34. The highest BCUT2D eigenvalue weighted by molar-refractivity contribution is 5.90. The quantitative estimate of drug-likeness (QED) is 0.753. The Hall–Kier alpha value is -1.79. The number of urea groups is 1. The zero-order valence-electron chi connectivity index (χ0n) is 12.0. The lowest BCUT2D eigenvalue weighted by Gasteiger charge is -2.36. The van der Waals surface area contributed by atoms with Crippen LogP contribution in [0.4, 0.5) is 4.79 Å². The second kappa shape index (κ2) is 5.54. The minimum Gasteiger partial charge on any atom is -0.480 e. The normalized spacial score (nSPS) is 25.4. The second-order valence-electron chi connectivity index (χ2n) is 6.36. The zero-order chi connectivity index (χ0) is 15.0. The van der Waals surface area contributed by atoms with Crippen LogP contribution in [-0.2, 0) is 9.59 Å². The zero-order valence-corrected chi connectivity index (χ0v) is 12.0. The summed E-state index contributed by atoms with van der Waals surface area (Å²) in [7, 11) is 0. The van der Waals surface area contributed by atoms with E-state index in [4.69, 9.17) is 0 Å². The Kier molecular flexibility index (Phi) is 3.73. The molecule has 0 bridgehead atoms. The predicted molar refractivity (Wildman–Crippen MR) is 73.6 cm³/mol. The number of carbonyl (C=O) groups is 3. The third-order valence-corrected chi connectivity index (χ3v) is 4.34. The molecule has 3 fully saturated rings. The molecule has 7 heteroatoms. The van der Waals surface area contributed by atoms with E-state index in [2.05, 4.69) is 5.32 Å². The Labute approximate surface area is 123 Å². The number of nitrogens with one attached hydrogen (secondary N) is 1. The molecule has 0 radical (unpaired) electrons. The highest BCUT2D eigenvalue weighted by atomic mass is 16.4. The Morgan fingerprint density at radius 3 is 2.24 bits per heavy atom. The van der Waals surface area contributed by atoms with Crippen molar-refractivity contribution >= 4 is 17.9 Å². The van der Waals surface area contributed by atoms with Gasteiger partial charge < -0.3 is 15.3 Å². The molecule has 0 aromatic carbocycles. The Morgan fingerprint density at radius 2 is 1.76 bits per heavy atom. The molecule has 0 aromatic heterocycles. The number of hydrogen-bond donors (Lipinski definition) is 2. The fourth-order valence-corrected chi connectivity index (χ4v) is 2.70. The molecule has 0 spiro atoms. The van der Waals surface area contributed by atoms with Crippen LogP contribution >= 0.6 is 0 Å². The number of carbonyl (C=O) groups excluding carboxylic acids is 2. The van der Waals surface area contributed by atoms with Gasteiger partial charge in [-0.05, 0) is 37.5 Å². The molecule has 2 saturated carbocycles. The van der Waals surface area contributed by atoms with Crippen LogP contribution in [0.2, 0.25) is 0 Å². The predicted octanol–water partition coefficient (Wildman–Crippen LogP) is 0.113. The summed E-state index contributed by atoms with van der Waals surface area (Å²) in [4.78, 5) is 38.5. The van der Waals surface area contributed by atoms with Crippen molar-refractivity contribution in [3.8, 4) is 0 Å². The first-order valence-corrected chi connectivity index (χ1v) is 7.59. The molecule has 1 heterocycles. The average Bonchev–Trinajstić information content (AvgIpc) is 3.32. The Balaban J connectivity index is 1.71. The molecule has 1 unspecified atom stereocenters. The summed E-state index contributed by atoms with van der Waals surface area (Å²) in [6, 6.07) is -1.26. The topological polar surface area (TPSA) is 90.0 Å². The van der Waals surface area contributed by atoms with E-state index in [0.29, 0.717) is 24.9 Å². The molecule has 7 nitrogen and oxygen atoms in total. The fourth-order valence-electron chi connectivity index (χ4n) is 2.70.